The number of anilines is 2. The van der Waals surface area contributed by atoms with Crippen molar-refractivity contribution in [2.45, 2.75) is 18.2 Å². The third-order valence-electron chi connectivity index (χ3n) is 2.50. The van der Waals surface area contributed by atoms with Gasteiger partial charge in [0.05, 0.1) is 11.1 Å². The summed E-state index contributed by atoms with van der Waals surface area (Å²) in [6.45, 7) is 1.92. The molecule has 1 heterocycles. The number of rotatable bonds is 4. The normalized spacial score (nSPS) is 11.4. The van der Waals surface area contributed by atoms with Crippen molar-refractivity contribution in [2.24, 2.45) is 0 Å². The van der Waals surface area contributed by atoms with Gasteiger partial charge in [0.15, 0.2) is 0 Å². The van der Waals surface area contributed by atoms with E-state index < -0.39 is 10.0 Å². The van der Waals surface area contributed by atoms with Crippen LogP contribution in [-0.4, -0.2) is 18.6 Å². The lowest BCUT2D eigenvalue weighted by molar-refractivity contribution is 0.601. The lowest BCUT2D eigenvalue weighted by atomic mass is 10.3. The molecule has 0 bridgehead atoms. The highest BCUT2D eigenvalue weighted by Gasteiger charge is 2.16. The highest BCUT2D eigenvalue weighted by molar-refractivity contribution is 7.92. The summed E-state index contributed by atoms with van der Waals surface area (Å²) in [5.41, 5.74) is 6.78. The number of hydrogen-bond donors (Lipinski definition) is 3. The van der Waals surface area contributed by atoms with E-state index in [2.05, 4.69) is 14.9 Å². The average Bonchev–Trinajstić information content (AvgIpc) is 2.75. The van der Waals surface area contributed by atoms with Crippen molar-refractivity contribution in [3.8, 4) is 0 Å². The smallest absolute Gasteiger partial charge is 0.263 e. The summed E-state index contributed by atoms with van der Waals surface area (Å²) in [4.78, 5) is 0.124. The molecule has 4 N–H and O–H groups in total. The number of hydrogen-bond acceptors (Lipinski definition) is 4. The fourth-order valence-electron chi connectivity index (χ4n) is 1.54. The van der Waals surface area contributed by atoms with Crippen molar-refractivity contribution in [2.75, 3.05) is 10.5 Å². The van der Waals surface area contributed by atoms with Crippen molar-refractivity contribution in [3.63, 3.8) is 0 Å². The molecule has 0 aliphatic heterocycles. The number of sulfonamides is 1. The van der Waals surface area contributed by atoms with E-state index in [4.69, 9.17) is 5.73 Å². The molecule has 1 aromatic heterocycles. The van der Waals surface area contributed by atoms with E-state index in [1.165, 1.54) is 12.1 Å². The molecule has 18 heavy (non-hydrogen) atoms. The molecule has 7 heteroatoms. The van der Waals surface area contributed by atoms with Gasteiger partial charge in [0.2, 0.25) is 0 Å². The molecule has 0 aliphatic carbocycles. The Kier molecular flexibility index (Phi) is 3.24. The topological polar surface area (TPSA) is 101 Å². The molecular weight excluding hydrogens is 252 g/mol. The van der Waals surface area contributed by atoms with Crippen LogP contribution in [0, 0.1) is 0 Å². The van der Waals surface area contributed by atoms with Crippen LogP contribution in [0.4, 0.5) is 11.5 Å². The molecule has 2 aromatic rings. The first-order chi connectivity index (χ1) is 8.53. The summed E-state index contributed by atoms with van der Waals surface area (Å²) in [7, 11) is -3.64. The van der Waals surface area contributed by atoms with Crippen molar-refractivity contribution < 1.29 is 8.42 Å². The predicted octanol–water partition coefficient (Wildman–Crippen LogP) is 1.36. The SMILES string of the molecule is CCc1cn[nH]c1NS(=O)(=O)c1cccc(N)c1. The summed E-state index contributed by atoms with van der Waals surface area (Å²) in [6, 6.07) is 6.12. The molecule has 1 aromatic carbocycles. The zero-order valence-corrected chi connectivity index (χ0v) is 10.7. The zero-order chi connectivity index (χ0) is 13.2. The van der Waals surface area contributed by atoms with Gasteiger partial charge in [0, 0.05) is 11.3 Å². The minimum Gasteiger partial charge on any atom is -0.399 e. The number of nitrogen functional groups attached to an aromatic ring is 1. The van der Waals surface area contributed by atoms with Crippen LogP contribution in [0.15, 0.2) is 35.4 Å². The molecule has 0 atom stereocenters. The number of nitrogens with zero attached hydrogens (tertiary/aromatic N) is 1. The van der Waals surface area contributed by atoms with Gasteiger partial charge in [-0.1, -0.05) is 13.0 Å². The summed E-state index contributed by atoms with van der Waals surface area (Å²) < 4.78 is 26.7. The van der Waals surface area contributed by atoms with Gasteiger partial charge in [-0.2, -0.15) is 5.10 Å². The quantitative estimate of drug-likeness (QED) is 0.727. The third-order valence-corrected chi connectivity index (χ3v) is 3.85. The zero-order valence-electron chi connectivity index (χ0n) is 9.84. The second kappa shape index (κ2) is 4.69. The molecule has 0 amide bonds. The maximum absolute atomic E-state index is 12.1. The van der Waals surface area contributed by atoms with Crippen LogP contribution in [0.5, 0.6) is 0 Å². The van der Waals surface area contributed by atoms with Crippen molar-refractivity contribution in [3.05, 3.63) is 36.0 Å². The Labute approximate surface area is 105 Å². The molecule has 0 aliphatic rings. The van der Waals surface area contributed by atoms with Gasteiger partial charge in [-0.3, -0.25) is 9.82 Å². The second-order valence-corrected chi connectivity index (χ2v) is 5.48. The Morgan fingerprint density at radius 2 is 2.22 bits per heavy atom. The highest BCUT2D eigenvalue weighted by Crippen LogP contribution is 2.19. The standard InChI is InChI=1S/C11H14N4O2S/c1-2-8-7-13-14-11(8)15-18(16,17)10-5-3-4-9(12)6-10/h3-7H,2,12H2,1H3,(H2,13,14,15). The van der Waals surface area contributed by atoms with Gasteiger partial charge in [-0.15, -0.1) is 0 Å². The van der Waals surface area contributed by atoms with E-state index in [1.807, 2.05) is 6.92 Å². The monoisotopic (exact) mass is 266 g/mol. The number of nitrogens with two attached hydrogens (primary N) is 1. The molecule has 0 fully saturated rings. The number of benzene rings is 1. The van der Waals surface area contributed by atoms with Crippen LogP contribution in [0.1, 0.15) is 12.5 Å². The Bertz CT molecular complexity index is 649. The average molecular weight is 266 g/mol. The fraction of sp³-hybridized carbons (Fsp3) is 0.182. The molecule has 0 saturated carbocycles. The third kappa shape index (κ3) is 2.45. The molecule has 2 rings (SSSR count). The minimum atomic E-state index is -3.64. The van der Waals surface area contributed by atoms with E-state index in [0.29, 0.717) is 17.9 Å². The van der Waals surface area contributed by atoms with E-state index in [9.17, 15) is 8.42 Å². The summed E-state index contributed by atoms with van der Waals surface area (Å²) in [5, 5.41) is 6.44. The van der Waals surface area contributed by atoms with E-state index in [-0.39, 0.29) is 4.90 Å². The first-order valence-corrected chi connectivity index (χ1v) is 6.92. The Balaban J connectivity index is 2.33. The van der Waals surface area contributed by atoms with Gasteiger partial charge >= 0.3 is 0 Å². The molecule has 0 spiro atoms. The Morgan fingerprint density at radius 1 is 1.44 bits per heavy atom. The van der Waals surface area contributed by atoms with Crippen LogP contribution in [-0.2, 0) is 16.4 Å². The predicted molar refractivity (Wildman–Crippen MR) is 69.6 cm³/mol. The van der Waals surface area contributed by atoms with E-state index >= 15 is 0 Å². The first-order valence-electron chi connectivity index (χ1n) is 5.43. The van der Waals surface area contributed by atoms with E-state index in [0.717, 1.165) is 5.56 Å². The highest BCUT2D eigenvalue weighted by atomic mass is 32.2. The fourth-order valence-corrected chi connectivity index (χ4v) is 2.65. The molecule has 0 radical (unpaired) electrons. The van der Waals surface area contributed by atoms with E-state index in [1.54, 1.807) is 18.3 Å². The maximum Gasteiger partial charge on any atom is 0.263 e. The van der Waals surface area contributed by atoms with Crippen molar-refractivity contribution in [1.82, 2.24) is 10.2 Å². The number of aromatic amines is 1. The molecule has 0 saturated heterocycles. The summed E-state index contributed by atoms with van der Waals surface area (Å²) >= 11 is 0. The molecule has 96 valence electrons. The lowest BCUT2D eigenvalue weighted by Crippen LogP contribution is -2.14. The van der Waals surface area contributed by atoms with Gasteiger partial charge in [-0.05, 0) is 24.6 Å². The maximum atomic E-state index is 12.1. The molecular formula is C11H14N4O2S. The number of nitrogens with one attached hydrogen (secondary N) is 2. The first kappa shape index (κ1) is 12.4. The minimum absolute atomic E-state index is 0.124. The van der Waals surface area contributed by atoms with Crippen LogP contribution in [0.3, 0.4) is 0 Å². The largest absolute Gasteiger partial charge is 0.399 e. The van der Waals surface area contributed by atoms with Crippen LogP contribution in [0.25, 0.3) is 0 Å². The van der Waals surface area contributed by atoms with Crippen LogP contribution in [0.2, 0.25) is 0 Å². The van der Waals surface area contributed by atoms with Gasteiger partial charge in [-0.25, -0.2) is 8.42 Å². The Hall–Kier alpha value is -2.02. The van der Waals surface area contributed by atoms with Gasteiger partial charge < -0.3 is 5.73 Å². The number of aromatic nitrogens is 2. The molecule has 0 unspecified atom stereocenters. The number of H-pyrrole nitrogens is 1. The Morgan fingerprint density at radius 3 is 2.89 bits per heavy atom. The lowest BCUT2D eigenvalue weighted by Gasteiger charge is -2.08. The number of aryl methyl sites for hydroxylation is 1. The van der Waals surface area contributed by atoms with Crippen LogP contribution >= 0.6 is 0 Å². The van der Waals surface area contributed by atoms with Crippen molar-refractivity contribution >= 4 is 21.5 Å². The molecule has 6 nitrogen and oxygen atoms in total. The summed E-state index contributed by atoms with van der Waals surface area (Å²) in [6.07, 6.45) is 2.28. The van der Waals surface area contributed by atoms with Gasteiger partial charge in [0.25, 0.3) is 10.0 Å². The van der Waals surface area contributed by atoms with Crippen molar-refractivity contribution in [1.29, 1.82) is 0 Å². The van der Waals surface area contributed by atoms with Gasteiger partial charge in [0.1, 0.15) is 5.82 Å². The second-order valence-electron chi connectivity index (χ2n) is 3.80. The summed E-state index contributed by atoms with van der Waals surface area (Å²) in [5.74, 6) is 0.389. The van der Waals surface area contributed by atoms with Crippen LogP contribution < -0.4 is 10.5 Å².